The number of amides is 1. The summed E-state index contributed by atoms with van der Waals surface area (Å²) in [7, 11) is 0. The minimum atomic E-state index is -4.60. The average molecular weight is 490 g/mol. The lowest BCUT2D eigenvalue weighted by molar-refractivity contribution is -0.137. The fourth-order valence-corrected chi connectivity index (χ4v) is 4.44. The van der Waals surface area contributed by atoms with Crippen LogP contribution in [0, 0.1) is 0 Å². The highest BCUT2D eigenvalue weighted by Gasteiger charge is 2.33. The van der Waals surface area contributed by atoms with Gasteiger partial charge in [-0.2, -0.15) is 13.2 Å². The monoisotopic (exact) mass is 489 g/mol. The first-order valence-electron chi connectivity index (χ1n) is 10.9. The van der Waals surface area contributed by atoms with E-state index in [1.54, 1.807) is 0 Å². The minimum absolute atomic E-state index is 0.0813. The van der Waals surface area contributed by atoms with E-state index in [9.17, 15) is 23.1 Å². The maximum atomic E-state index is 13.4. The van der Waals surface area contributed by atoms with Crippen molar-refractivity contribution in [3.05, 3.63) is 88.4 Å². The lowest BCUT2D eigenvalue weighted by Gasteiger charge is -2.33. The van der Waals surface area contributed by atoms with Crippen molar-refractivity contribution in [2.24, 2.45) is 0 Å². The molecule has 0 saturated heterocycles. The van der Waals surface area contributed by atoms with Crippen LogP contribution in [0.2, 0.25) is 5.02 Å². The Hall–Kier alpha value is -3.19. The molecular formula is C26H23ClF3NO3. The van der Waals surface area contributed by atoms with Crippen LogP contribution in [0.15, 0.2) is 66.7 Å². The van der Waals surface area contributed by atoms with Crippen LogP contribution in [0.3, 0.4) is 0 Å². The number of anilines is 1. The van der Waals surface area contributed by atoms with E-state index >= 15 is 0 Å². The molecule has 2 N–H and O–H groups in total. The highest BCUT2D eigenvalue weighted by molar-refractivity contribution is 6.31. The molecule has 4 rings (SSSR count). The molecule has 3 aromatic carbocycles. The number of phenols is 1. The van der Waals surface area contributed by atoms with Gasteiger partial charge in [-0.15, -0.1) is 0 Å². The van der Waals surface area contributed by atoms with Gasteiger partial charge in [0.05, 0.1) is 16.8 Å². The van der Waals surface area contributed by atoms with Crippen LogP contribution >= 0.6 is 11.6 Å². The quantitative estimate of drug-likeness (QED) is 0.392. The summed E-state index contributed by atoms with van der Waals surface area (Å²) in [5.74, 6) is -0.923. The van der Waals surface area contributed by atoms with Crippen molar-refractivity contribution >= 4 is 23.2 Å². The minimum Gasteiger partial charge on any atom is -0.507 e. The highest BCUT2D eigenvalue weighted by atomic mass is 35.5. The number of benzene rings is 3. The van der Waals surface area contributed by atoms with Gasteiger partial charge in [0, 0.05) is 10.9 Å². The molecule has 2 atom stereocenters. The van der Waals surface area contributed by atoms with Crippen LogP contribution in [0.1, 0.15) is 53.1 Å². The summed E-state index contributed by atoms with van der Waals surface area (Å²) in [5, 5.41) is 12.7. The van der Waals surface area contributed by atoms with Gasteiger partial charge in [-0.1, -0.05) is 48.4 Å². The second-order valence-corrected chi connectivity index (χ2v) is 8.72. The van der Waals surface area contributed by atoms with Gasteiger partial charge in [-0.25, -0.2) is 0 Å². The fourth-order valence-electron chi connectivity index (χ4n) is 4.27. The van der Waals surface area contributed by atoms with Crippen LogP contribution in [0.4, 0.5) is 18.9 Å². The summed E-state index contributed by atoms with van der Waals surface area (Å²) < 4.78 is 46.5. The molecule has 1 aliphatic carbocycles. The SMILES string of the molecule is O=C(Nc1cc(C(F)(F)F)ccc1O[C@@H]1CCCC[C@H]1c1ccccc1)c1cc(Cl)ccc1O. The second kappa shape index (κ2) is 9.97. The molecule has 0 heterocycles. The number of phenolic OH excluding ortho intramolecular Hbond substituents is 1. The topological polar surface area (TPSA) is 58.6 Å². The number of nitrogens with one attached hydrogen (secondary N) is 1. The van der Waals surface area contributed by atoms with Gasteiger partial charge in [0.25, 0.3) is 5.91 Å². The molecule has 0 bridgehead atoms. The van der Waals surface area contributed by atoms with E-state index in [1.165, 1.54) is 24.3 Å². The molecule has 1 amide bonds. The maximum absolute atomic E-state index is 13.4. The molecule has 8 heteroatoms. The molecule has 4 nitrogen and oxygen atoms in total. The number of carbonyl (C=O) groups is 1. The first-order chi connectivity index (χ1) is 16.2. The zero-order chi connectivity index (χ0) is 24.3. The number of ether oxygens (including phenoxy) is 1. The Balaban J connectivity index is 1.66. The summed E-state index contributed by atoms with van der Waals surface area (Å²) in [6.07, 6.45) is -1.26. The van der Waals surface area contributed by atoms with Gasteiger partial charge in [0.2, 0.25) is 0 Å². The molecular weight excluding hydrogens is 467 g/mol. The van der Waals surface area contributed by atoms with Gasteiger partial charge in [-0.3, -0.25) is 4.79 Å². The third kappa shape index (κ3) is 5.47. The van der Waals surface area contributed by atoms with E-state index in [4.69, 9.17) is 16.3 Å². The number of halogens is 4. The van der Waals surface area contributed by atoms with Gasteiger partial charge in [0.1, 0.15) is 17.6 Å². The highest BCUT2D eigenvalue weighted by Crippen LogP contribution is 2.40. The van der Waals surface area contributed by atoms with Crippen LogP contribution in [0.5, 0.6) is 11.5 Å². The van der Waals surface area contributed by atoms with Crippen molar-refractivity contribution in [2.75, 3.05) is 5.32 Å². The molecule has 0 radical (unpaired) electrons. The molecule has 34 heavy (non-hydrogen) atoms. The number of aromatic hydroxyl groups is 1. The molecule has 0 aromatic heterocycles. The lowest BCUT2D eigenvalue weighted by Crippen LogP contribution is -2.29. The first-order valence-corrected chi connectivity index (χ1v) is 11.3. The van der Waals surface area contributed by atoms with Crippen molar-refractivity contribution < 1.29 is 27.8 Å². The van der Waals surface area contributed by atoms with Crippen LogP contribution in [-0.4, -0.2) is 17.1 Å². The van der Waals surface area contributed by atoms with Crippen molar-refractivity contribution in [1.29, 1.82) is 0 Å². The first kappa shape index (κ1) is 24.0. The van der Waals surface area contributed by atoms with Crippen molar-refractivity contribution in [3.8, 4) is 11.5 Å². The average Bonchev–Trinajstić information content (AvgIpc) is 2.82. The summed E-state index contributed by atoms with van der Waals surface area (Å²) in [4.78, 5) is 12.8. The molecule has 1 saturated carbocycles. The Kier molecular flexibility index (Phi) is 7.03. The van der Waals surface area contributed by atoms with Gasteiger partial charge < -0.3 is 15.2 Å². The van der Waals surface area contributed by atoms with Crippen LogP contribution in [-0.2, 0) is 6.18 Å². The molecule has 0 spiro atoms. The standard InChI is InChI=1S/C26H23ClF3NO3/c27-18-11-12-22(32)20(15-18)25(33)31-21-14-17(26(28,29)30)10-13-24(21)34-23-9-5-4-8-19(23)16-6-2-1-3-7-16/h1-3,6-7,10-15,19,23,32H,4-5,8-9H2,(H,31,33)/t19-,23+/m0/s1. The smallest absolute Gasteiger partial charge is 0.416 e. The summed E-state index contributed by atoms with van der Waals surface area (Å²) in [5.41, 5.74) is -0.102. The van der Waals surface area contributed by atoms with Crippen molar-refractivity contribution in [2.45, 2.75) is 43.9 Å². The normalized spacial score (nSPS) is 18.4. The summed E-state index contributed by atoms with van der Waals surface area (Å²) >= 11 is 5.92. The Labute approximate surface area is 200 Å². The Morgan fingerprint density at radius 1 is 1.00 bits per heavy atom. The zero-order valence-electron chi connectivity index (χ0n) is 18.1. The van der Waals surface area contributed by atoms with E-state index < -0.39 is 17.6 Å². The second-order valence-electron chi connectivity index (χ2n) is 8.28. The number of rotatable bonds is 5. The molecule has 0 unspecified atom stereocenters. The molecule has 1 fully saturated rings. The zero-order valence-corrected chi connectivity index (χ0v) is 18.9. The van der Waals surface area contributed by atoms with Crippen molar-refractivity contribution in [3.63, 3.8) is 0 Å². The lowest BCUT2D eigenvalue weighted by atomic mass is 9.81. The Morgan fingerprint density at radius 2 is 1.74 bits per heavy atom. The van der Waals surface area contributed by atoms with E-state index in [0.29, 0.717) is 0 Å². The predicted molar refractivity (Wildman–Crippen MR) is 125 cm³/mol. The Morgan fingerprint density at radius 3 is 2.47 bits per heavy atom. The van der Waals surface area contributed by atoms with E-state index in [-0.39, 0.29) is 39.8 Å². The van der Waals surface area contributed by atoms with E-state index in [0.717, 1.165) is 43.4 Å². The molecule has 1 aliphatic rings. The fraction of sp³-hybridized carbons (Fsp3) is 0.269. The van der Waals surface area contributed by atoms with Crippen molar-refractivity contribution in [1.82, 2.24) is 0 Å². The van der Waals surface area contributed by atoms with Crippen LogP contribution < -0.4 is 10.1 Å². The summed E-state index contributed by atoms with van der Waals surface area (Å²) in [6, 6.07) is 16.7. The number of alkyl halides is 3. The molecule has 3 aromatic rings. The Bertz CT molecular complexity index is 1170. The third-order valence-electron chi connectivity index (χ3n) is 5.97. The molecule has 178 valence electrons. The third-order valence-corrected chi connectivity index (χ3v) is 6.20. The number of hydrogen-bond donors (Lipinski definition) is 2. The number of hydrogen-bond acceptors (Lipinski definition) is 3. The van der Waals surface area contributed by atoms with E-state index in [1.807, 2.05) is 30.3 Å². The van der Waals surface area contributed by atoms with Gasteiger partial charge in [-0.05, 0) is 61.2 Å². The number of carbonyl (C=O) groups excluding carboxylic acids is 1. The predicted octanol–water partition coefficient (Wildman–Crippen LogP) is 7.42. The van der Waals surface area contributed by atoms with Gasteiger partial charge in [0.15, 0.2) is 0 Å². The summed E-state index contributed by atoms with van der Waals surface area (Å²) in [6.45, 7) is 0. The van der Waals surface area contributed by atoms with Crippen LogP contribution in [0.25, 0.3) is 0 Å². The van der Waals surface area contributed by atoms with E-state index in [2.05, 4.69) is 5.32 Å². The molecule has 0 aliphatic heterocycles. The maximum Gasteiger partial charge on any atom is 0.416 e. The van der Waals surface area contributed by atoms with Gasteiger partial charge >= 0.3 is 6.18 Å². The largest absolute Gasteiger partial charge is 0.507 e.